The number of hydrogen-bond acceptors (Lipinski definition) is 2. The van der Waals surface area contributed by atoms with E-state index in [0.717, 1.165) is 15.5 Å². The highest BCUT2D eigenvalue weighted by molar-refractivity contribution is 7.80. The van der Waals surface area contributed by atoms with Crippen LogP contribution >= 0.6 is 12.2 Å². The molecule has 0 aromatic carbocycles. The van der Waals surface area contributed by atoms with Crippen molar-refractivity contribution in [3.8, 4) is 0 Å². The lowest BCUT2D eigenvalue weighted by molar-refractivity contribution is 0.545. The average Bonchev–Trinajstić information content (AvgIpc) is 2.37. The van der Waals surface area contributed by atoms with Crippen LogP contribution in [0.5, 0.6) is 0 Å². The van der Waals surface area contributed by atoms with E-state index in [1.54, 1.807) is 0 Å². The van der Waals surface area contributed by atoms with Gasteiger partial charge in [-0.1, -0.05) is 12.8 Å². The summed E-state index contributed by atoms with van der Waals surface area (Å²) in [4.78, 5) is 0. The van der Waals surface area contributed by atoms with Crippen LogP contribution in [0.4, 0.5) is 0 Å². The molecular formula is C6H12OSSi. The summed E-state index contributed by atoms with van der Waals surface area (Å²) in [5.74, 6) is 0.623. The van der Waals surface area contributed by atoms with Crippen molar-refractivity contribution in [3.63, 3.8) is 0 Å². The van der Waals surface area contributed by atoms with E-state index in [1.165, 1.54) is 25.7 Å². The molecule has 9 heavy (non-hydrogen) atoms. The molecule has 0 bridgehead atoms. The van der Waals surface area contributed by atoms with E-state index < -0.39 is 0 Å². The fourth-order valence-electron chi connectivity index (χ4n) is 1.33. The van der Waals surface area contributed by atoms with Crippen LogP contribution in [0.1, 0.15) is 25.7 Å². The average molecular weight is 160 g/mol. The Morgan fingerprint density at radius 1 is 1.44 bits per heavy atom. The van der Waals surface area contributed by atoms with Gasteiger partial charge in [0.2, 0.25) is 10.5 Å². The Morgan fingerprint density at radius 2 is 2.00 bits per heavy atom. The van der Waals surface area contributed by atoms with E-state index >= 15 is 0 Å². The van der Waals surface area contributed by atoms with Crippen molar-refractivity contribution in [2.24, 2.45) is 5.92 Å². The zero-order valence-corrected chi connectivity index (χ0v) is 8.54. The first-order valence-corrected chi connectivity index (χ1v) is 4.65. The zero-order valence-electron chi connectivity index (χ0n) is 5.72. The number of hydrogen-bond donors (Lipinski definition) is 0. The normalized spacial score (nSPS) is 20.4. The molecule has 1 saturated carbocycles. The third-order valence-electron chi connectivity index (χ3n) is 1.89. The van der Waals surface area contributed by atoms with Gasteiger partial charge in [0.05, 0.1) is 0 Å². The molecule has 1 nitrogen and oxygen atoms in total. The van der Waals surface area contributed by atoms with Crippen molar-refractivity contribution in [2.45, 2.75) is 25.7 Å². The molecule has 0 amide bonds. The first-order chi connectivity index (χ1) is 4.34. The molecule has 1 aliphatic carbocycles. The van der Waals surface area contributed by atoms with Gasteiger partial charge in [-0.2, -0.15) is 0 Å². The predicted molar refractivity (Wildman–Crippen MR) is 45.6 cm³/mol. The maximum atomic E-state index is 5.10. The molecule has 0 radical (unpaired) electrons. The van der Waals surface area contributed by atoms with Crippen LogP contribution < -0.4 is 0 Å². The van der Waals surface area contributed by atoms with E-state index in [1.807, 2.05) is 0 Å². The first-order valence-electron chi connectivity index (χ1n) is 3.42. The SMILES string of the molecule is [SiH3]OC(=S)C1CCCC1. The lowest BCUT2D eigenvalue weighted by Gasteiger charge is -2.08. The van der Waals surface area contributed by atoms with Crippen LogP contribution in [0.2, 0.25) is 0 Å². The van der Waals surface area contributed by atoms with Crippen molar-refractivity contribution in [1.82, 2.24) is 0 Å². The van der Waals surface area contributed by atoms with Gasteiger partial charge >= 0.3 is 0 Å². The Hall–Kier alpha value is 0.107. The molecular weight excluding hydrogens is 148 g/mol. The van der Waals surface area contributed by atoms with Gasteiger partial charge in [0.15, 0.2) is 0 Å². The fourth-order valence-corrected chi connectivity index (χ4v) is 1.90. The summed E-state index contributed by atoms with van der Waals surface area (Å²) in [6.07, 6.45) is 5.22. The molecule has 0 N–H and O–H groups in total. The lowest BCUT2D eigenvalue weighted by atomic mass is 10.1. The second-order valence-electron chi connectivity index (χ2n) is 2.50. The van der Waals surface area contributed by atoms with Crippen molar-refractivity contribution >= 4 is 27.8 Å². The molecule has 0 atom stereocenters. The van der Waals surface area contributed by atoms with Crippen LogP contribution in [0, 0.1) is 5.92 Å². The van der Waals surface area contributed by atoms with Gasteiger partial charge in [-0.15, -0.1) is 0 Å². The van der Waals surface area contributed by atoms with Crippen LogP contribution in [-0.2, 0) is 4.43 Å². The summed E-state index contributed by atoms with van der Waals surface area (Å²) < 4.78 is 5.10. The monoisotopic (exact) mass is 160 g/mol. The second kappa shape index (κ2) is 3.32. The lowest BCUT2D eigenvalue weighted by Crippen LogP contribution is -2.09. The summed E-state index contributed by atoms with van der Waals surface area (Å²) >= 11 is 5.03. The predicted octanol–water partition coefficient (Wildman–Crippen LogP) is 0.801. The summed E-state index contributed by atoms with van der Waals surface area (Å²) in [7, 11) is 0.766. The van der Waals surface area contributed by atoms with Crippen LogP contribution in [0.25, 0.3) is 0 Å². The molecule has 0 aromatic heterocycles. The van der Waals surface area contributed by atoms with Crippen LogP contribution in [0.3, 0.4) is 0 Å². The van der Waals surface area contributed by atoms with Gasteiger partial charge in [0, 0.05) is 5.92 Å². The summed E-state index contributed by atoms with van der Waals surface area (Å²) in [5, 5.41) is 0.874. The van der Waals surface area contributed by atoms with Crippen LogP contribution in [0.15, 0.2) is 0 Å². The zero-order chi connectivity index (χ0) is 6.69. The summed E-state index contributed by atoms with van der Waals surface area (Å²) in [5.41, 5.74) is 0. The maximum absolute atomic E-state index is 5.10. The minimum absolute atomic E-state index is 0.623. The van der Waals surface area contributed by atoms with Gasteiger partial charge < -0.3 is 4.43 Å². The minimum Gasteiger partial charge on any atom is -0.548 e. The van der Waals surface area contributed by atoms with Crippen LogP contribution in [-0.4, -0.2) is 15.5 Å². The van der Waals surface area contributed by atoms with E-state index in [-0.39, 0.29) is 0 Å². The van der Waals surface area contributed by atoms with Gasteiger partial charge in [-0.3, -0.25) is 0 Å². The molecule has 0 spiro atoms. The van der Waals surface area contributed by atoms with Gasteiger partial charge in [-0.25, -0.2) is 0 Å². The summed E-state index contributed by atoms with van der Waals surface area (Å²) in [6, 6.07) is 0. The highest BCUT2D eigenvalue weighted by Crippen LogP contribution is 2.25. The molecule has 52 valence electrons. The van der Waals surface area contributed by atoms with E-state index in [2.05, 4.69) is 0 Å². The van der Waals surface area contributed by atoms with Crippen molar-refractivity contribution in [1.29, 1.82) is 0 Å². The molecule has 1 rings (SSSR count). The third kappa shape index (κ3) is 1.76. The van der Waals surface area contributed by atoms with Crippen molar-refractivity contribution in [3.05, 3.63) is 0 Å². The highest BCUT2D eigenvalue weighted by atomic mass is 32.1. The standard InChI is InChI=1S/C6H12OSSi/c8-6(7-9)5-3-1-2-4-5/h5H,1-4H2,9H3. The number of thiocarbonyl (C=S) groups is 1. The van der Waals surface area contributed by atoms with E-state index in [4.69, 9.17) is 16.6 Å². The molecule has 0 heterocycles. The minimum atomic E-state index is 0.623. The van der Waals surface area contributed by atoms with Gasteiger partial charge in [-0.05, 0) is 25.1 Å². The third-order valence-corrected chi connectivity index (χ3v) is 3.13. The quantitative estimate of drug-likeness (QED) is 0.414. The van der Waals surface area contributed by atoms with E-state index in [0.29, 0.717) is 5.92 Å². The molecule has 0 saturated heterocycles. The Labute approximate surface area is 64.3 Å². The largest absolute Gasteiger partial charge is 0.548 e. The number of rotatable bonds is 1. The highest BCUT2D eigenvalue weighted by Gasteiger charge is 2.18. The van der Waals surface area contributed by atoms with Gasteiger partial charge in [0.25, 0.3) is 0 Å². The molecule has 0 aliphatic heterocycles. The van der Waals surface area contributed by atoms with Crippen molar-refractivity contribution < 1.29 is 4.43 Å². The first kappa shape index (κ1) is 7.22. The Kier molecular flexibility index (Phi) is 2.66. The molecule has 3 heteroatoms. The Morgan fingerprint density at radius 3 is 2.44 bits per heavy atom. The smallest absolute Gasteiger partial charge is 0.204 e. The summed E-state index contributed by atoms with van der Waals surface area (Å²) in [6.45, 7) is 0. The molecule has 0 unspecified atom stereocenters. The molecule has 1 fully saturated rings. The maximum Gasteiger partial charge on any atom is 0.204 e. The Bertz CT molecular complexity index is 110. The molecule has 1 aliphatic rings. The van der Waals surface area contributed by atoms with Gasteiger partial charge in [0.1, 0.15) is 5.05 Å². The Balaban J connectivity index is 2.32. The van der Waals surface area contributed by atoms with Crippen molar-refractivity contribution in [2.75, 3.05) is 0 Å². The van der Waals surface area contributed by atoms with E-state index in [9.17, 15) is 0 Å². The second-order valence-corrected chi connectivity index (χ2v) is 3.32. The topological polar surface area (TPSA) is 9.23 Å². The fraction of sp³-hybridized carbons (Fsp3) is 0.833. The molecule has 0 aromatic rings.